The van der Waals surface area contributed by atoms with Crippen LogP contribution in [0.4, 0.5) is 17.6 Å². The second-order valence-corrected chi connectivity index (χ2v) is 2.02. The fraction of sp³-hybridized carbons (Fsp3) is 0.167. The van der Waals surface area contributed by atoms with Crippen LogP contribution in [0, 0.1) is 11.8 Å². The molecule has 0 amide bonds. The summed E-state index contributed by atoms with van der Waals surface area (Å²) in [6, 6.07) is 0.179. The first-order valence-electron chi connectivity index (χ1n) is 2.88. The Balaban J connectivity index is 3.33. The van der Waals surface area contributed by atoms with Crippen molar-refractivity contribution < 1.29 is 17.6 Å². The Bertz CT molecular complexity index is 346. The Morgan fingerprint density at radius 1 is 1.33 bits per heavy atom. The maximum absolute atomic E-state index is 12.4. The fourth-order valence-corrected chi connectivity index (χ4v) is 0.656. The normalized spacial score (nSPS) is 10.8. The minimum Gasteiger partial charge on any atom is -0.296 e. The van der Waals surface area contributed by atoms with Gasteiger partial charge in [-0.2, -0.15) is 4.39 Å². The Morgan fingerprint density at radius 2 is 1.92 bits per heavy atom. The summed E-state index contributed by atoms with van der Waals surface area (Å²) in [7, 11) is 0. The highest BCUT2D eigenvalue weighted by molar-refractivity contribution is 5.13. The summed E-state index contributed by atoms with van der Waals surface area (Å²) in [5.74, 6) is -2.93. The van der Waals surface area contributed by atoms with Gasteiger partial charge in [0, 0.05) is 0 Å². The van der Waals surface area contributed by atoms with Crippen molar-refractivity contribution in [2.45, 2.75) is 6.43 Å². The first kappa shape index (κ1) is 8.76. The van der Waals surface area contributed by atoms with Crippen LogP contribution in [0.25, 0.3) is 0 Å². The summed E-state index contributed by atoms with van der Waals surface area (Å²) in [6.07, 6.45) is -3.14. The first-order chi connectivity index (χ1) is 5.52. The molecular formula is C6H3F4NO. The highest BCUT2D eigenvalue weighted by Gasteiger charge is 2.16. The third kappa shape index (κ3) is 1.46. The van der Waals surface area contributed by atoms with Crippen LogP contribution in [0.3, 0.4) is 0 Å². The predicted molar refractivity (Wildman–Crippen MR) is 31.9 cm³/mol. The van der Waals surface area contributed by atoms with Crippen LogP contribution in [0.2, 0.25) is 0 Å². The summed E-state index contributed by atoms with van der Waals surface area (Å²) in [4.78, 5) is 11.6. The average molecular weight is 181 g/mol. The first-order valence-corrected chi connectivity index (χ1v) is 2.88. The molecule has 0 atom stereocenters. The molecule has 6 heteroatoms. The number of halogens is 4. The van der Waals surface area contributed by atoms with E-state index in [4.69, 9.17) is 0 Å². The molecule has 1 heterocycles. The van der Waals surface area contributed by atoms with Crippen LogP contribution in [-0.2, 0) is 0 Å². The van der Waals surface area contributed by atoms with Crippen LogP contribution in [-0.4, -0.2) is 4.98 Å². The number of nitrogens with one attached hydrogen (secondary N) is 1. The third-order valence-electron chi connectivity index (χ3n) is 1.21. The molecule has 0 aliphatic heterocycles. The number of hydrogen-bond donors (Lipinski definition) is 1. The van der Waals surface area contributed by atoms with Crippen LogP contribution < -0.4 is 5.56 Å². The smallest absolute Gasteiger partial charge is 0.286 e. The van der Waals surface area contributed by atoms with E-state index in [-0.39, 0.29) is 6.07 Å². The zero-order chi connectivity index (χ0) is 9.30. The van der Waals surface area contributed by atoms with E-state index in [1.165, 1.54) is 4.98 Å². The molecule has 0 aliphatic carbocycles. The third-order valence-corrected chi connectivity index (χ3v) is 1.21. The lowest BCUT2D eigenvalue weighted by Crippen LogP contribution is -2.14. The van der Waals surface area contributed by atoms with E-state index in [0.29, 0.717) is 0 Å². The molecule has 0 aromatic carbocycles. The quantitative estimate of drug-likeness (QED) is 0.517. The van der Waals surface area contributed by atoms with Crippen molar-refractivity contribution in [2.24, 2.45) is 0 Å². The van der Waals surface area contributed by atoms with Gasteiger partial charge in [-0.1, -0.05) is 0 Å². The van der Waals surface area contributed by atoms with E-state index < -0.39 is 29.3 Å². The van der Waals surface area contributed by atoms with Gasteiger partial charge in [0.2, 0.25) is 5.95 Å². The molecule has 0 bridgehead atoms. The summed E-state index contributed by atoms with van der Waals surface area (Å²) >= 11 is 0. The molecule has 12 heavy (non-hydrogen) atoms. The largest absolute Gasteiger partial charge is 0.296 e. The van der Waals surface area contributed by atoms with Gasteiger partial charge in [-0.05, 0) is 6.07 Å². The fourth-order valence-electron chi connectivity index (χ4n) is 0.656. The van der Waals surface area contributed by atoms with Gasteiger partial charge in [-0.25, -0.2) is 13.2 Å². The molecule has 0 spiro atoms. The highest BCUT2D eigenvalue weighted by atomic mass is 19.3. The van der Waals surface area contributed by atoms with E-state index >= 15 is 0 Å². The standard InChI is InChI=1S/C6H3F4NO/c7-3-1-2(4(8)9)5(10)11-6(3)12/h1,4H,(H,11,12). The van der Waals surface area contributed by atoms with Gasteiger partial charge in [0.25, 0.3) is 12.0 Å². The Labute approximate surface area is 63.8 Å². The molecule has 0 unspecified atom stereocenters. The molecule has 0 radical (unpaired) electrons. The SMILES string of the molecule is O=c1[nH]c(F)c(C(F)F)cc1F. The van der Waals surface area contributed by atoms with Crippen molar-refractivity contribution in [3.05, 3.63) is 33.7 Å². The van der Waals surface area contributed by atoms with Gasteiger partial charge in [0.05, 0.1) is 5.56 Å². The van der Waals surface area contributed by atoms with E-state index in [0.717, 1.165) is 0 Å². The minimum absolute atomic E-state index is 0.179. The monoisotopic (exact) mass is 181 g/mol. The van der Waals surface area contributed by atoms with E-state index in [1.807, 2.05) is 0 Å². The van der Waals surface area contributed by atoms with Crippen LogP contribution >= 0.6 is 0 Å². The topological polar surface area (TPSA) is 32.9 Å². The molecule has 2 nitrogen and oxygen atoms in total. The lowest BCUT2D eigenvalue weighted by Gasteiger charge is -1.99. The Kier molecular flexibility index (Phi) is 2.16. The van der Waals surface area contributed by atoms with Crippen LogP contribution in [0.5, 0.6) is 0 Å². The molecular weight excluding hydrogens is 178 g/mol. The van der Waals surface area contributed by atoms with Gasteiger partial charge >= 0.3 is 0 Å². The maximum atomic E-state index is 12.4. The zero-order valence-electron chi connectivity index (χ0n) is 5.57. The summed E-state index contributed by atoms with van der Waals surface area (Å²) in [5.41, 5.74) is -2.50. The van der Waals surface area contributed by atoms with Crippen LogP contribution in [0.1, 0.15) is 12.0 Å². The van der Waals surface area contributed by atoms with Gasteiger partial charge in [0.15, 0.2) is 5.82 Å². The minimum atomic E-state index is -3.14. The van der Waals surface area contributed by atoms with Crippen LogP contribution in [0.15, 0.2) is 10.9 Å². The van der Waals surface area contributed by atoms with Gasteiger partial charge in [-0.15, -0.1) is 0 Å². The number of aromatic amines is 1. The molecule has 66 valence electrons. The second-order valence-electron chi connectivity index (χ2n) is 2.02. The van der Waals surface area contributed by atoms with Crippen molar-refractivity contribution in [3.63, 3.8) is 0 Å². The van der Waals surface area contributed by atoms with Crippen molar-refractivity contribution >= 4 is 0 Å². The summed E-state index contributed by atoms with van der Waals surface area (Å²) < 4.78 is 48.3. The molecule has 1 aromatic heterocycles. The molecule has 1 N–H and O–H groups in total. The van der Waals surface area contributed by atoms with Gasteiger partial charge in [0.1, 0.15) is 0 Å². The number of aromatic nitrogens is 1. The number of rotatable bonds is 1. The zero-order valence-corrected chi connectivity index (χ0v) is 5.57. The molecule has 0 saturated carbocycles. The number of H-pyrrole nitrogens is 1. The van der Waals surface area contributed by atoms with Crippen molar-refractivity contribution in [1.29, 1.82) is 0 Å². The number of alkyl halides is 2. The molecule has 0 fully saturated rings. The predicted octanol–water partition coefficient (Wildman–Crippen LogP) is 1.59. The molecule has 1 aromatic rings. The molecule has 0 saturated heterocycles. The van der Waals surface area contributed by atoms with Crippen molar-refractivity contribution in [3.8, 4) is 0 Å². The summed E-state index contributed by atoms with van der Waals surface area (Å²) in [5, 5.41) is 0. The van der Waals surface area contributed by atoms with E-state index in [2.05, 4.69) is 0 Å². The van der Waals surface area contributed by atoms with Crippen molar-refractivity contribution in [1.82, 2.24) is 4.98 Å². The van der Waals surface area contributed by atoms with Crippen molar-refractivity contribution in [2.75, 3.05) is 0 Å². The van der Waals surface area contributed by atoms with Gasteiger partial charge < -0.3 is 0 Å². The second kappa shape index (κ2) is 2.96. The van der Waals surface area contributed by atoms with E-state index in [1.54, 1.807) is 0 Å². The lowest BCUT2D eigenvalue weighted by molar-refractivity contribution is 0.144. The Morgan fingerprint density at radius 3 is 2.42 bits per heavy atom. The highest BCUT2D eigenvalue weighted by Crippen LogP contribution is 2.19. The Hall–Kier alpha value is -1.33. The van der Waals surface area contributed by atoms with E-state index in [9.17, 15) is 22.4 Å². The summed E-state index contributed by atoms with van der Waals surface area (Å²) in [6.45, 7) is 0. The number of hydrogen-bond acceptors (Lipinski definition) is 1. The maximum Gasteiger partial charge on any atom is 0.286 e. The number of pyridine rings is 1. The lowest BCUT2D eigenvalue weighted by atomic mass is 10.3. The molecule has 1 rings (SSSR count). The average Bonchev–Trinajstić information content (AvgIpc) is 1.96. The molecule has 0 aliphatic rings. The van der Waals surface area contributed by atoms with Gasteiger partial charge in [-0.3, -0.25) is 9.78 Å².